The minimum Gasteiger partial charge on any atom is -0.487 e. The van der Waals surface area contributed by atoms with Crippen molar-refractivity contribution in [2.45, 2.75) is 26.6 Å². The lowest BCUT2D eigenvalue weighted by molar-refractivity contribution is 0.304. The fraction of sp³-hybridized carbons (Fsp3) is 0.385. The zero-order valence-electron chi connectivity index (χ0n) is 10.8. The Bertz CT molecular complexity index is 478. The third-order valence-electron chi connectivity index (χ3n) is 2.57. The molecule has 0 aliphatic carbocycles. The summed E-state index contributed by atoms with van der Waals surface area (Å²) in [5.74, 6) is 0.777. The van der Waals surface area contributed by atoms with Crippen LogP contribution in [-0.2, 0) is 19.7 Å². The number of nitrogens with zero attached hydrogens (tertiary/aromatic N) is 3. The SMILES string of the molecule is CCn1cc(COc2ccc(CNC)nc2)cn1. The summed E-state index contributed by atoms with van der Waals surface area (Å²) in [6, 6.07) is 3.89. The Labute approximate surface area is 107 Å². The molecule has 0 aliphatic heterocycles. The van der Waals surface area contributed by atoms with Gasteiger partial charge in [-0.05, 0) is 26.1 Å². The fourth-order valence-corrected chi connectivity index (χ4v) is 1.60. The molecule has 0 fully saturated rings. The molecule has 18 heavy (non-hydrogen) atoms. The second-order valence-electron chi connectivity index (χ2n) is 4.01. The van der Waals surface area contributed by atoms with Crippen molar-refractivity contribution in [2.75, 3.05) is 7.05 Å². The Balaban J connectivity index is 1.89. The monoisotopic (exact) mass is 246 g/mol. The molecule has 0 radical (unpaired) electrons. The molecule has 0 unspecified atom stereocenters. The summed E-state index contributed by atoms with van der Waals surface area (Å²) in [6.45, 7) is 4.22. The van der Waals surface area contributed by atoms with Gasteiger partial charge in [0.1, 0.15) is 12.4 Å². The van der Waals surface area contributed by atoms with Crippen LogP contribution in [0.1, 0.15) is 18.2 Å². The van der Waals surface area contributed by atoms with E-state index in [0.717, 1.165) is 30.1 Å². The normalized spacial score (nSPS) is 10.6. The number of rotatable bonds is 6. The molecule has 0 bridgehead atoms. The number of hydrogen-bond donors (Lipinski definition) is 1. The first-order valence-electron chi connectivity index (χ1n) is 6.05. The topological polar surface area (TPSA) is 52.0 Å². The van der Waals surface area contributed by atoms with Crippen molar-refractivity contribution < 1.29 is 4.74 Å². The largest absolute Gasteiger partial charge is 0.487 e. The predicted octanol–water partition coefficient (Wildman–Crippen LogP) is 1.60. The molecule has 2 heterocycles. The molecule has 2 rings (SSSR count). The van der Waals surface area contributed by atoms with E-state index < -0.39 is 0 Å². The quantitative estimate of drug-likeness (QED) is 0.841. The van der Waals surface area contributed by atoms with Gasteiger partial charge >= 0.3 is 0 Å². The van der Waals surface area contributed by atoms with Crippen LogP contribution >= 0.6 is 0 Å². The zero-order chi connectivity index (χ0) is 12.8. The Morgan fingerprint density at radius 2 is 2.22 bits per heavy atom. The molecule has 0 aromatic carbocycles. The molecule has 1 N–H and O–H groups in total. The van der Waals surface area contributed by atoms with Crippen molar-refractivity contribution >= 4 is 0 Å². The number of pyridine rings is 1. The maximum atomic E-state index is 5.65. The summed E-state index contributed by atoms with van der Waals surface area (Å²) < 4.78 is 7.53. The van der Waals surface area contributed by atoms with E-state index in [1.165, 1.54) is 0 Å². The summed E-state index contributed by atoms with van der Waals surface area (Å²) in [7, 11) is 1.90. The minimum atomic E-state index is 0.521. The lowest BCUT2D eigenvalue weighted by Gasteiger charge is -2.05. The first kappa shape index (κ1) is 12.6. The highest BCUT2D eigenvalue weighted by atomic mass is 16.5. The van der Waals surface area contributed by atoms with Crippen LogP contribution in [0, 0.1) is 0 Å². The lowest BCUT2D eigenvalue weighted by Crippen LogP contribution is -2.06. The number of ether oxygens (including phenoxy) is 1. The number of nitrogens with one attached hydrogen (secondary N) is 1. The summed E-state index contributed by atoms with van der Waals surface area (Å²) in [5, 5.41) is 7.25. The molecular weight excluding hydrogens is 228 g/mol. The van der Waals surface area contributed by atoms with Crippen molar-refractivity contribution in [3.63, 3.8) is 0 Å². The van der Waals surface area contributed by atoms with Crippen LogP contribution in [0.5, 0.6) is 5.75 Å². The van der Waals surface area contributed by atoms with Crippen LogP contribution in [0.3, 0.4) is 0 Å². The Hall–Kier alpha value is -1.88. The summed E-state index contributed by atoms with van der Waals surface area (Å²) in [4.78, 5) is 4.29. The van der Waals surface area contributed by atoms with E-state index in [0.29, 0.717) is 6.61 Å². The third kappa shape index (κ3) is 3.30. The third-order valence-corrected chi connectivity index (χ3v) is 2.57. The van der Waals surface area contributed by atoms with Crippen molar-refractivity contribution in [3.8, 4) is 5.75 Å². The van der Waals surface area contributed by atoms with Gasteiger partial charge in [-0.25, -0.2) is 0 Å². The molecule has 2 aromatic rings. The van der Waals surface area contributed by atoms with Crippen molar-refractivity contribution in [2.24, 2.45) is 0 Å². The Morgan fingerprint density at radius 1 is 1.33 bits per heavy atom. The van der Waals surface area contributed by atoms with Crippen molar-refractivity contribution in [3.05, 3.63) is 42.0 Å². The van der Waals surface area contributed by atoms with Crippen LogP contribution in [0.2, 0.25) is 0 Å². The molecule has 5 nitrogen and oxygen atoms in total. The smallest absolute Gasteiger partial charge is 0.138 e. The highest BCUT2D eigenvalue weighted by Crippen LogP contribution is 2.11. The minimum absolute atomic E-state index is 0.521. The van der Waals surface area contributed by atoms with E-state index in [9.17, 15) is 0 Å². The van der Waals surface area contributed by atoms with E-state index in [4.69, 9.17) is 4.74 Å². The molecule has 0 atom stereocenters. The molecule has 0 saturated carbocycles. The van der Waals surface area contributed by atoms with Gasteiger partial charge in [-0.2, -0.15) is 5.10 Å². The Kier molecular flexibility index (Phi) is 4.30. The number of hydrogen-bond acceptors (Lipinski definition) is 4. The molecule has 96 valence electrons. The summed E-state index contributed by atoms with van der Waals surface area (Å²) in [6.07, 6.45) is 5.56. The van der Waals surface area contributed by atoms with Gasteiger partial charge in [0.25, 0.3) is 0 Å². The van der Waals surface area contributed by atoms with Gasteiger partial charge in [0, 0.05) is 24.8 Å². The van der Waals surface area contributed by atoms with Crippen LogP contribution in [0.15, 0.2) is 30.7 Å². The average Bonchev–Trinajstić information content (AvgIpc) is 2.86. The van der Waals surface area contributed by atoms with Crippen molar-refractivity contribution in [1.82, 2.24) is 20.1 Å². The first-order valence-corrected chi connectivity index (χ1v) is 6.05. The molecule has 0 saturated heterocycles. The highest BCUT2D eigenvalue weighted by molar-refractivity contribution is 5.20. The van der Waals surface area contributed by atoms with Gasteiger partial charge < -0.3 is 10.1 Å². The van der Waals surface area contributed by atoms with Crippen LogP contribution in [0.25, 0.3) is 0 Å². The molecule has 5 heteroatoms. The van der Waals surface area contributed by atoms with E-state index in [2.05, 4.69) is 22.3 Å². The fourth-order valence-electron chi connectivity index (χ4n) is 1.60. The van der Waals surface area contributed by atoms with Gasteiger partial charge in [0.15, 0.2) is 0 Å². The standard InChI is InChI=1S/C13H18N4O/c1-3-17-9-11(6-16-17)10-18-13-5-4-12(7-14-2)15-8-13/h4-6,8-9,14H,3,7,10H2,1-2H3. The maximum Gasteiger partial charge on any atom is 0.138 e. The second-order valence-corrected chi connectivity index (χ2v) is 4.01. The van der Waals surface area contributed by atoms with Gasteiger partial charge in [0.05, 0.1) is 18.1 Å². The zero-order valence-corrected chi connectivity index (χ0v) is 10.8. The molecular formula is C13H18N4O. The second kappa shape index (κ2) is 6.16. The van der Waals surface area contributed by atoms with Crippen molar-refractivity contribution in [1.29, 1.82) is 0 Å². The Morgan fingerprint density at radius 3 is 2.83 bits per heavy atom. The molecule has 0 amide bonds. The van der Waals surface area contributed by atoms with Crippen LogP contribution < -0.4 is 10.1 Å². The molecule has 2 aromatic heterocycles. The highest BCUT2D eigenvalue weighted by Gasteiger charge is 2.00. The first-order chi connectivity index (χ1) is 8.81. The van der Waals surface area contributed by atoms with Gasteiger partial charge in [-0.3, -0.25) is 9.67 Å². The molecule has 0 spiro atoms. The predicted molar refractivity (Wildman–Crippen MR) is 69.2 cm³/mol. The number of aryl methyl sites for hydroxylation is 1. The summed E-state index contributed by atoms with van der Waals surface area (Å²) in [5.41, 5.74) is 2.07. The van der Waals surface area contributed by atoms with E-state index in [-0.39, 0.29) is 0 Å². The number of aromatic nitrogens is 3. The summed E-state index contributed by atoms with van der Waals surface area (Å²) >= 11 is 0. The van der Waals surface area contributed by atoms with E-state index >= 15 is 0 Å². The van der Waals surface area contributed by atoms with E-state index in [1.807, 2.05) is 36.3 Å². The molecule has 0 aliphatic rings. The average molecular weight is 246 g/mol. The van der Waals surface area contributed by atoms with Gasteiger partial charge in [0.2, 0.25) is 0 Å². The van der Waals surface area contributed by atoms with Gasteiger partial charge in [-0.1, -0.05) is 0 Å². The maximum absolute atomic E-state index is 5.65. The van der Waals surface area contributed by atoms with E-state index in [1.54, 1.807) is 6.20 Å². The van der Waals surface area contributed by atoms with Crippen LogP contribution in [-0.4, -0.2) is 21.8 Å². The van der Waals surface area contributed by atoms with Gasteiger partial charge in [-0.15, -0.1) is 0 Å². The lowest BCUT2D eigenvalue weighted by atomic mass is 10.3. The van der Waals surface area contributed by atoms with Crippen LogP contribution in [0.4, 0.5) is 0 Å².